The summed E-state index contributed by atoms with van der Waals surface area (Å²) in [6, 6.07) is 11.5. The highest BCUT2D eigenvalue weighted by Crippen LogP contribution is 2.33. The number of halogens is 2. The van der Waals surface area contributed by atoms with Gasteiger partial charge in [0.05, 0.1) is 17.8 Å². The first-order valence-corrected chi connectivity index (χ1v) is 7.87. The first-order valence-electron chi connectivity index (χ1n) is 6.70. The van der Waals surface area contributed by atoms with E-state index in [0.29, 0.717) is 20.7 Å². The third-order valence-corrected chi connectivity index (χ3v) is 4.10. The van der Waals surface area contributed by atoms with Crippen LogP contribution in [0.5, 0.6) is 11.5 Å². The molecule has 0 radical (unpaired) electrons. The van der Waals surface area contributed by atoms with Crippen molar-refractivity contribution in [1.29, 1.82) is 5.26 Å². The summed E-state index contributed by atoms with van der Waals surface area (Å²) < 4.78 is 5.56. The molecule has 0 saturated heterocycles. The van der Waals surface area contributed by atoms with Crippen molar-refractivity contribution in [3.8, 4) is 17.6 Å². The number of nitrogens with one attached hydrogen (secondary N) is 1. The number of anilines is 1. The van der Waals surface area contributed by atoms with Gasteiger partial charge in [-0.15, -0.1) is 0 Å². The molecule has 0 spiro atoms. The van der Waals surface area contributed by atoms with Gasteiger partial charge < -0.3 is 15.2 Å². The summed E-state index contributed by atoms with van der Waals surface area (Å²) in [7, 11) is 1.43. The molecule has 7 heteroatoms. The van der Waals surface area contributed by atoms with E-state index < -0.39 is 5.91 Å². The van der Waals surface area contributed by atoms with Gasteiger partial charge in [0.2, 0.25) is 0 Å². The van der Waals surface area contributed by atoms with Crippen LogP contribution in [0.15, 0.2) is 46.4 Å². The van der Waals surface area contributed by atoms with Crippen molar-refractivity contribution in [3.63, 3.8) is 0 Å². The zero-order chi connectivity index (χ0) is 17.7. The van der Waals surface area contributed by atoms with Gasteiger partial charge >= 0.3 is 0 Å². The molecule has 1 amide bonds. The lowest BCUT2D eigenvalue weighted by Gasteiger charge is -2.08. The van der Waals surface area contributed by atoms with Crippen LogP contribution in [0.25, 0.3) is 6.08 Å². The van der Waals surface area contributed by atoms with Gasteiger partial charge in [-0.3, -0.25) is 4.79 Å². The number of benzene rings is 2. The number of ether oxygens (including phenoxy) is 1. The molecule has 122 valence electrons. The normalized spacial score (nSPS) is 10.8. The Labute approximate surface area is 152 Å². The molecule has 2 N–H and O–H groups in total. The van der Waals surface area contributed by atoms with Gasteiger partial charge in [0.25, 0.3) is 5.91 Å². The first kappa shape index (κ1) is 17.9. The molecule has 0 atom stereocenters. The first-order chi connectivity index (χ1) is 11.5. The van der Waals surface area contributed by atoms with E-state index in [2.05, 4.69) is 21.2 Å². The highest BCUT2D eigenvalue weighted by atomic mass is 79.9. The summed E-state index contributed by atoms with van der Waals surface area (Å²) in [5, 5.41) is 22.0. The minimum Gasteiger partial charge on any atom is -0.504 e. The number of hydrogen-bond acceptors (Lipinski definition) is 4. The highest BCUT2D eigenvalue weighted by Gasteiger charge is 2.13. The second-order valence-corrected chi connectivity index (χ2v) is 5.91. The van der Waals surface area contributed by atoms with Crippen LogP contribution in [-0.4, -0.2) is 18.1 Å². The Kier molecular flexibility index (Phi) is 5.85. The minimum atomic E-state index is -0.604. The van der Waals surface area contributed by atoms with Gasteiger partial charge in [0, 0.05) is 4.47 Å². The van der Waals surface area contributed by atoms with Gasteiger partial charge in [0.15, 0.2) is 11.5 Å². The lowest BCUT2D eigenvalue weighted by Crippen LogP contribution is -2.13. The predicted molar refractivity (Wildman–Crippen MR) is 96.0 cm³/mol. The van der Waals surface area contributed by atoms with Crippen LogP contribution in [0.1, 0.15) is 5.56 Å². The smallest absolute Gasteiger partial charge is 0.266 e. The van der Waals surface area contributed by atoms with Crippen LogP contribution in [0, 0.1) is 11.3 Å². The Bertz CT molecular complexity index is 859. The molecule has 0 saturated carbocycles. The van der Waals surface area contributed by atoms with Gasteiger partial charge in [-0.2, -0.15) is 5.26 Å². The molecular formula is C17H12BrClN2O3. The van der Waals surface area contributed by atoms with E-state index in [-0.39, 0.29) is 17.1 Å². The monoisotopic (exact) mass is 406 g/mol. The quantitative estimate of drug-likeness (QED) is 0.583. The number of carbonyl (C=O) groups is 1. The number of nitrogens with zero attached hydrogens (tertiary/aromatic N) is 1. The number of amides is 1. The van der Waals surface area contributed by atoms with E-state index in [0.717, 1.165) is 0 Å². The fourth-order valence-electron chi connectivity index (χ4n) is 1.89. The third kappa shape index (κ3) is 4.07. The Morgan fingerprint density at radius 1 is 1.42 bits per heavy atom. The molecule has 0 unspecified atom stereocenters. The van der Waals surface area contributed by atoms with E-state index in [4.69, 9.17) is 16.3 Å². The lowest BCUT2D eigenvalue weighted by molar-refractivity contribution is -0.112. The van der Waals surface area contributed by atoms with Crippen molar-refractivity contribution in [2.24, 2.45) is 0 Å². The summed E-state index contributed by atoms with van der Waals surface area (Å²) in [6.07, 6.45) is 1.36. The number of methoxy groups -OCH3 is 1. The molecule has 2 aromatic rings. The van der Waals surface area contributed by atoms with E-state index in [9.17, 15) is 15.2 Å². The van der Waals surface area contributed by atoms with Gasteiger partial charge in [-0.05, 0) is 35.9 Å². The average Bonchev–Trinajstić information content (AvgIpc) is 2.57. The molecule has 5 nitrogen and oxygen atoms in total. The summed E-state index contributed by atoms with van der Waals surface area (Å²) in [6.45, 7) is 0. The van der Waals surface area contributed by atoms with Crippen LogP contribution in [0.4, 0.5) is 5.69 Å². The van der Waals surface area contributed by atoms with Gasteiger partial charge in [0.1, 0.15) is 11.6 Å². The van der Waals surface area contributed by atoms with Crippen molar-refractivity contribution in [3.05, 3.63) is 57.0 Å². The van der Waals surface area contributed by atoms with Gasteiger partial charge in [-0.25, -0.2) is 0 Å². The van der Waals surface area contributed by atoms with E-state index >= 15 is 0 Å². The fraction of sp³-hybridized carbons (Fsp3) is 0.0588. The molecule has 0 heterocycles. The number of phenols is 1. The van der Waals surface area contributed by atoms with Crippen LogP contribution in [0.3, 0.4) is 0 Å². The van der Waals surface area contributed by atoms with Crippen LogP contribution >= 0.6 is 27.5 Å². The van der Waals surface area contributed by atoms with E-state index in [1.165, 1.54) is 19.3 Å². The lowest BCUT2D eigenvalue weighted by atomic mass is 10.1. The third-order valence-electron chi connectivity index (χ3n) is 3.09. The van der Waals surface area contributed by atoms with Crippen molar-refractivity contribution < 1.29 is 14.6 Å². The molecule has 0 aromatic heterocycles. The topological polar surface area (TPSA) is 82.3 Å². The highest BCUT2D eigenvalue weighted by molar-refractivity contribution is 9.10. The zero-order valence-corrected chi connectivity index (χ0v) is 14.9. The molecule has 0 aliphatic heterocycles. The molecule has 0 aliphatic rings. The predicted octanol–water partition coefficient (Wildman–Crippen LogP) is 4.36. The number of nitriles is 1. The molecular weight excluding hydrogens is 396 g/mol. The van der Waals surface area contributed by atoms with E-state index in [1.54, 1.807) is 30.3 Å². The number of carbonyl (C=O) groups excluding carboxylic acids is 1. The summed E-state index contributed by atoms with van der Waals surface area (Å²) >= 11 is 9.29. The Hall–Kier alpha value is -2.49. The summed E-state index contributed by atoms with van der Waals surface area (Å²) in [4.78, 5) is 12.3. The summed E-state index contributed by atoms with van der Waals surface area (Å²) in [5.74, 6) is -0.429. The largest absolute Gasteiger partial charge is 0.504 e. The summed E-state index contributed by atoms with van der Waals surface area (Å²) in [5.41, 5.74) is 0.723. The van der Waals surface area contributed by atoms with Crippen molar-refractivity contribution in [2.45, 2.75) is 0 Å². The number of hydrogen-bond donors (Lipinski definition) is 2. The molecule has 2 aromatic carbocycles. The standard InChI is InChI=1S/C17H12BrClN2O3/c1-24-16-8-12(18)10(7-15(16)22)6-11(9-20)17(23)21-14-5-3-2-4-13(14)19/h2-8,22H,1H3,(H,21,23)/b11-6+. The molecule has 2 rings (SSSR count). The molecule has 0 bridgehead atoms. The van der Waals surface area contributed by atoms with E-state index in [1.807, 2.05) is 6.07 Å². The Balaban J connectivity index is 2.33. The minimum absolute atomic E-state index is 0.101. The second-order valence-electron chi connectivity index (χ2n) is 4.65. The zero-order valence-electron chi connectivity index (χ0n) is 12.5. The van der Waals surface area contributed by atoms with Gasteiger partial charge in [-0.1, -0.05) is 39.7 Å². The maximum atomic E-state index is 12.3. The SMILES string of the molecule is COc1cc(Br)c(/C=C(\C#N)C(=O)Nc2ccccc2Cl)cc1O. The Morgan fingerprint density at radius 3 is 2.75 bits per heavy atom. The maximum absolute atomic E-state index is 12.3. The van der Waals surface area contributed by atoms with Crippen molar-refractivity contribution >= 4 is 45.2 Å². The molecule has 0 aliphatic carbocycles. The van der Waals surface area contributed by atoms with Crippen LogP contribution in [-0.2, 0) is 4.79 Å². The van der Waals surface area contributed by atoms with Crippen LogP contribution in [0.2, 0.25) is 5.02 Å². The number of phenolic OH excluding ortho intramolecular Hbond substituents is 1. The maximum Gasteiger partial charge on any atom is 0.266 e. The second kappa shape index (κ2) is 7.86. The number of aromatic hydroxyl groups is 1. The van der Waals surface area contributed by atoms with Crippen molar-refractivity contribution in [1.82, 2.24) is 0 Å². The van der Waals surface area contributed by atoms with Crippen molar-refractivity contribution in [2.75, 3.05) is 12.4 Å². The molecule has 24 heavy (non-hydrogen) atoms. The fourth-order valence-corrected chi connectivity index (χ4v) is 2.51. The Morgan fingerprint density at radius 2 is 2.12 bits per heavy atom. The van der Waals surface area contributed by atoms with Crippen LogP contribution < -0.4 is 10.1 Å². The molecule has 0 fully saturated rings. The number of para-hydroxylation sites is 1. The average molecular weight is 408 g/mol. The number of rotatable bonds is 4.